The van der Waals surface area contributed by atoms with Crippen LogP contribution in [0.25, 0.3) is 0 Å². The molecule has 0 radical (unpaired) electrons. The van der Waals surface area contributed by atoms with Crippen LogP contribution in [0.3, 0.4) is 0 Å². The lowest BCUT2D eigenvalue weighted by atomic mass is 10.1. The van der Waals surface area contributed by atoms with Gasteiger partial charge in [-0.05, 0) is 50.7 Å². The number of ether oxygens (including phenoxy) is 1. The Bertz CT molecular complexity index is 526. The number of aliphatic hydroxyl groups is 1. The van der Waals surface area contributed by atoms with Gasteiger partial charge in [0.1, 0.15) is 0 Å². The van der Waals surface area contributed by atoms with Crippen LogP contribution in [0.2, 0.25) is 0 Å². The first-order valence-electron chi connectivity index (χ1n) is 8.86. The van der Waals surface area contributed by atoms with Gasteiger partial charge in [0.2, 0.25) is 0 Å². The van der Waals surface area contributed by atoms with E-state index in [9.17, 15) is 5.11 Å². The van der Waals surface area contributed by atoms with Gasteiger partial charge in [-0.2, -0.15) is 0 Å². The van der Waals surface area contributed by atoms with Crippen LogP contribution in [0.4, 0.5) is 11.6 Å². The average molecular weight is 318 g/mol. The molecule has 2 saturated heterocycles. The first-order valence-corrected chi connectivity index (χ1v) is 8.86. The third kappa shape index (κ3) is 3.43. The molecule has 3 aliphatic rings. The van der Waals surface area contributed by atoms with Crippen LogP contribution in [0, 0.1) is 5.92 Å². The number of morpholine rings is 1. The van der Waals surface area contributed by atoms with Gasteiger partial charge >= 0.3 is 0 Å². The molecular formula is C17H26N4O2. The fourth-order valence-corrected chi connectivity index (χ4v) is 3.65. The second-order valence-corrected chi connectivity index (χ2v) is 7.20. The quantitative estimate of drug-likeness (QED) is 0.910. The molecule has 2 atom stereocenters. The number of nitrogens with zero attached hydrogens (tertiary/aromatic N) is 4. The van der Waals surface area contributed by atoms with E-state index in [-0.39, 0.29) is 12.2 Å². The van der Waals surface area contributed by atoms with Crippen molar-refractivity contribution in [1.29, 1.82) is 0 Å². The van der Waals surface area contributed by atoms with E-state index in [0.717, 1.165) is 56.6 Å². The molecule has 1 saturated carbocycles. The van der Waals surface area contributed by atoms with Crippen LogP contribution in [0.5, 0.6) is 0 Å². The molecule has 0 bridgehead atoms. The molecule has 0 unspecified atom stereocenters. The van der Waals surface area contributed by atoms with Crippen molar-refractivity contribution < 1.29 is 9.84 Å². The van der Waals surface area contributed by atoms with Crippen molar-refractivity contribution in [1.82, 2.24) is 10.2 Å². The highest BCUT2D eigenvalue weighted by Crippen LogP contribution is 2.37. The number of aliphatic hydroxyl groups excluding tert-OH is 1. The van der Waals surface area contributed by atoms with Gasteiger partial charge in [0, 0.05) is 26.2 Å². The maximum absolute atomic E-state index is 9.61. The van der Waals surface area contributed by atoms with Gasteiger partial charge in [0.05, 0.1) is 18.3 Å². The molecule has 4 rings (SSSR count). The number of anilines is 2. The van der Waals surface area contributed by atoms with E-state index < -0.39 is 0 Å². The van der Waals surface area contributed by atoms with Crippen molar-refractivity contribution >= 4 is 11.6 Å². The summed E-state index contributed by atoms with van der Waals surface area (Å²) in [5.41, 5.74) is 0. The Hall–Kier alpha value is -1.40. The highest BCUT2D eigenvalue weighted by Gasteiger charge is 2.37. The molecule has 3 heterocycles. The molecule has 2 aliphatic heterocycles. The van der Waals surface area contributed by atoms with Gasteiger partial charge < -0.3 is 19.6 Å². The predicted molar refractivity (Wildman–Crippen MR) is 88.8 cm³/mol. The monoisotopic (exact) mass is 318 g/mol. The molecule has 126 valence electrons. The van der Waals surface area contributed by atoms with E-state index in [1.807, 2.05) is 0 Å². The fourth-order valence-electron chi connectivity index (χ4n) is 3.65. The molecule has 0 amide bonds. The van der Waals surface area contributed by atoms with Crippen molar-refractivity contribution in [3.63, 3.8) is 0 Å². The molecule has 0 aromatic carbocycles. The summed E-state index contributed by atoms with van der Waals surface area (Å²) in [6, 6.07) is 4.14. The van der Waals surface area contributed by atoms with Crippen LogP contribution in [-0.4, -0.2) is 59.8 Å². The van der Waals surface area contributed by atoms with Gasteiger partial charge in [0.15, 0.2) is 11.6 Å². The highest BCUT2D eigenvalue weighted by molar-refractivity contribution is 5.46. The summed E-state index contributed by atoms with van der Waals surface area (Å²) in [7, 11) is 0. The Morgan fingerprint density at radius 3 is 2.26 bits per heavy atom. The van der Waals surface area contributed by atoms with E-state index in [1.54, 1.807) is 0 Å². The normalized spacial score (nSPS) is 29.8. The summed E-state index contributed by atoms with van der Waals surface area (Å²) in [5, 5.41) is 18.5. The Balaban J connectivity index is 1.42. The number of piperidine rings is 1. The van der Waals surface area contributed by atoms with Gasteiger partial charge in [-0.1, -0.05) is 0 Å². The standard InChI is InChI=1S/C17H26N4O2/c1-12-10-21(11-15(23-12)13-2-3-13)17-5-4-16(18-19-17)20-8-6-14(22)7-9-20/h4-5,12-15,22H,2-3,6-11H2,1H3/t12-,15-/m1/s1. The Labute approximate surface area is 137 Å². The van der Waals surface area contributed by atoms with Gasteiger partial charge in [0.25, 0.3) is 0 Å². The van der Waals surface area contributed by atoms with Gasteiger partial charge in [-0.3, -0.25) is 0 Å². The van der Waals surface area contributed by atoms with E-state index in [1.165, 1.54) is 12.8 Å². The molecule has 6 nitrogen and oxygen atoms in total. The summed E-state index contributed by atoms with van der Waals surface area (Å²) in [6.07, 6.45) is 4.67. The second kappa shape index (κ2) is 6.24. The summed E-state index contributed by atoms with van der Waals surface area (Å²) >= 11 is 0. The molecule has 3 fully saturated rings. The maximum Gasteiger partial charge on any atom is 0.151 e. The first kappa shape index (κ1) is 15.1. The van der Waals surface area contributed by atoms with Gasteiger partial charge in [-0.25, -0.2) is 0 Å². The zero-order chi connectivity index (χ0) is 15.8. The Kier molecular flexibility index (Phi) is 4.11. The van der Waals surface area contributed by atoms with Crippen LogP contribution in [0.15, 0.2) is 12.1 Å². The second-order valence-electron chi connectivity index (χ2n) is 7.20. The molecule has 1 aromatic heterocycles. The van der Waals surface area contributed by atoms with Crippen molar-refractivity contribution in [3.8, 4) is 0 Å². The molecule has 23 heavy (non-hydrogen) atoms. The van der Waals surface area contributed by atoms with E-state index in [0.29, 0.717) is 6.10 Å². The SMILES string of the molecule is C[C@@H]1CN(c2ccc(N3CCC(O)CC3)nn2)C[C@H](C2CC2)O1. The van der Waals surface area contributed by atoms with Gasteiger partial charge in [-0.15, -0.1) is 10.2 Å². The maximum atomic E-state index is 9.61. The zero-order valence-electron chi connectivity index (χ0n) is 13.8. The topological polar surface area (TPSA) is 61.7 Å². The van der Waals surface area contributed by atoms with Crippen molar-refractivity contribution in [2.24, 2.45) is 5.92 Å². The minimum atomic E-state index is -0.160. The average Bonchev–Trinajstić information content (AvgIpc) is 3.40. The molecule has 1 aliphatic carbocycles. The molecule has 0 spiro atoms. The summed E-state index contributed by atoms with van der Waals surface area (Å²) in [6.45, 7) is 5.66. The number of hydrogen-bond donors (Lipinski definition) is 1. The first-order chi connectivity index (χ1) is 11.2. The molecule has 6 heteroatoms. The lowest BCUT2D eigenvalue weighted by Crippen LogP contribution is -2.48. The molecular weight excluding hydrogens is 292 g/mol. The third-order valence-electron chi connectivity index (χ3n) is 5.18. The van der Waals surface area contributed by atoms with Crippen LogP contribution in [-0.2, 0) is 4.74 Å². The van der Waals surface area contributed by atoms with Crippen molar-refractivity contribution in [3.05, 3.63) is 12.1 Å². The van der Waals surface area contributed by atoms with Crippen LogP contribution < -0.4 is 9.80 Å². The van der Waals surface area contributed by atoms with Crippen LogP contribution >= 0.6 is 0 Å². The highest BCUT2D eigenvalue weighted by atomic mass is 16.5. The van der Waals surface area contributed by atoms with Crippen molar-refractivity contribution in [2.75, 3.05) is 36.0 Å². The van der Waals surface area contributed by atoms with E-state index in [4.69, 9.17) is 4.74 Å². The number of rotatable bonds is 3. The zero-order valence-corrected chi connectivity index (χ0v) is 13.8. The van der Waals surface area contributed by atoms with Crippen LogP contribution in [0.1, 0.15) is 32.6 Å². The summed E-state index contributed by atoms with van der Waals surface area (Å²) < 4.78 is 6.07. The summed E-state index contributed by atoms with van der Waals surface area (Å²) in [5.74, 6) is 2.61. The third-order valence-corrected chi connectivity index (χ3v) is 5.18. The number of aromatic nitrogens is 2. The smallest absolute Gasteiger partial charge is 0.151 e. The fraction of sp³-hybridized carbons (Fsp3) is 0.765. The Morgan fingerprint density at radius 2 is 1.65 bits per heavy atom. The van der Waals surface area contributed by atoms with E-state index >= 15 is 0 Å². The lowest BCUT2D eigenvalue weighted by molar-refractivity contribution is -0.0274. The Morgan fingerprint density at radius 1 is 1.00 bits per heavy atom. The number of hydrogen-bond acceptors (Lipinski definition) is 6. The van der Waals surface area contributed by atoms with Crippen molar-refractivity contribution in [2.45, 2.75) is 50.9 Å². The summed E-state index contributed by atoms with van der Waals surface area (Å²) in [4.78, 5) is 4.52. The minimum absolute atomic E-state index is 0.160. The minimum Gasteiger partial charge on any atom is -0.393 e. The van der Waals surface area contributed by atoms with E-state index in [2.05, 4.69) is 39.1 Å². The molecule has 1 N–H and O–H groups in total. The lowest BCUT2D eigenvalue weighted by Gasteiger charge is -2.37. The molecule has 1 aromatic rings. The predicted octanol–water partition coefficient (Wildman–Crippen LogP) is 1.44. The largest absolute Gasteiger partial charge is 0.393 e.